The molecule has 0 aliphatic heterocycles. The second kappa shape index (κ2) is 6.40. The number of nitrogens with zero attached hydrogens (tertiary/aromatic N) is 2. The third kappa shape index (κ3) is 3.70. The molecule has 0 spiro atoms. The molecule has 1 atom stereocenters. The van der Waals surface area contributed by atoms with E-state index in [4.69, 9.17) is 5.11 Å². The Morgan fingerprint density at radius 2 is 2.00 bits per heavy atom. The smallest absolute Gasteiger partial charge is 0.305 e. The van der Waals surface area contributed by atoms with Crippen molar-refractivity contribution in [3.8, 4) is 0 Å². The molecule has 1 aromatic heterocycles. The number of hydrogen-bond acceptors (Lipinski definition) is 3. The number of nitrogens with one attached hydrogen (secondary N) is 1. The standard InChI is InChI=1S/C17H23N3O3/c1-11(2)17(3,10-16(22)23)18-15(21)9-13-12-7-5-6-8-14(12)20(4)19-13/h5-8,11H,9-10H2,1-4H3,(H,18,21)(H,22,23). The van der Waals surface area contributed by atoms with Gasteiger partial charge in [-0.05, 0) is 18.9 Å². The number of para-hydroxylation sites is 1. The van der Waals surface area contributed by atoms with Crippen molar-refractivity contribution < 1.29 is 14.7 Å². The number of rotatable bonds is 6. The van der Waals surface area contributed by atoms with Gasteiger partial charge in [0, 0.05) is 18.0 Å². The average Bonchev–Trinajstić information content (AvgIpc) is 2.74. The van der Waals surface area contributed by atoms with Crippen LogP contribution in [0.1, 0.15) is 32.9 Å². The molecule has 2 aromatic rings. The maximum atomic E-state index is 12.4. The first-order valence-electron chi connectivity index (χ1n) is 7.66. The van der Waals surface area contributed by atoms with Gasteiger partial charge in [0.2, 0.25) is 5.91 Å². The number of aliphatic carboxylic acids is 1. The van der Waals surface area contributed by atoms with Gasteiger partial charge < -0.3 is 10.4 Å². The number of carboxylic acid groups (broad SMARTS) is 1. The van der Waals surface area contributed by atoms with Gasteiger partial charge in [0.1, 0.15) is 0 Å². The highest BCUT2D eigenvalue weighted by Crippen LogP contribution is 2.22. The minimum Gasteiger partial charge on any atom is -0.481 e. The molecule has 1 amide bonds. The molecule has 2 rings (SSSR count). The lowest BCUT2D eigenvalue weighted by atomic mass is 9.85. The third-order valence-corrected chi connectivity index (χ3v) is 4.38. The van der Waals surface area contributed by atoms with Crippen LogP contribution in [0.3, 0.4) is 0 Å². The normalized spacial score (nSPS) is 14.0. The van der Waals surface area contributed by atoms with Crippen LogP contribution < -0.4 is 5.32 Å². The molecule has 0 aliphatic carbocycles. The number of aryl methyl sites for hydroxylation is 1. The molecular formula is C17H23N3O3. The lowest BCUT2D eigenvalue weighted by Crippen LogP contribution is -2.51. The zero-order valence-electron chi connectivity index (χ0n) is 14.0. The highest BCUT2D eigenvalue weighted by Gasteiger charge is 2.33. The maximum Gasteiger partial charge on any atom is 0.305 e. The molecule has 1 unspecified atom stereocenters. The summed E-state index contributed by atoms with van der Waals surface area (Å²) >= 11 is 0. The van der Waals surface area contributed by atoms with E-state index in [0.717, 1.165) is 10.9 Å². The molecule has 0 radical (unpaired) electrons. The lowest BCUT2D eigenvalue weighted by Gasteiger charge is -2.33. The van der Waals surface area contributed by atoms with Gasteiger partial charge in [-0.15, -0.1) is 0 Å². The summed E-state index contributed by atoms with van der Waals surface area (Å²) in [6.45, 7) is 5.57. The molecule has 0 saturated carbocycles. The molecule has 1 heterocycles. The molecule has 23 heavy (non-hydrogen) atoms. The number of carbonyl (C=O) groups is 2. The van der Waals surface area contributed by atoms with Gasteiger partial charge >= 0.3 is 5.97 Å². The summed E-state index contributed by atoms with van der Waals surface area (Å²) in [5.41, 5.74) is 0.877. The highest BCUT2D eigenvalue weighted by atomic mass is 16.4. The third-order valence-electron chi connectivity index (χ3n) is 4.38. The van der Waals surface area contributed by atoms with Crippen LogP contribution in [0, 0.1) is 5.92 Å². The van der Waals surface area contributed by atoms with Crippen LogP contribution in [-0.4, -0.2) is 32.3 Å². The van der Waals surface area contributed by atoms with Gasteiger partial charge in [-0.1, -0.05) is 32.0 Å². The topological polar surface area (TPSA) is 84.2 Å². The van der Waals surface area contributed by atoms with E-state index in [2.05, 4.69) is 10.4 Å². The van der Waals surface area contributed by atoms with E-state index < -0.39 is 11.5 Å². The van der Waals surface area contributed by atoms with Crippen molar-refractivity contribution in [3.05, 3.63) is 30.0 Å². The van der Waals surface area contributed by atoms with Gasteiger partial charge in [0.05, 0.1) is 24.1 Å². The van der Waals surface area contributed by atoms with E-state index in [1.807, 2.05) is 45.2 Å². The first kappa shape index (κ1) is 17.0. The maximum absolute atomic E-state index is 12.4. The van der Waals surface area contributed by atoms with E-state index in [9.17, 15) is 9.59 Å². The van der Waals surface area contributed by atoms with Gasteiger partial charge in [-0.2, -0.15) is 5.10 Å². The Morgan fingerprint density at radius 3 is 2.61 bits per heavy atom. The molecule has 2 N–H and O–H groups in total. The van der Waals surface area contributed by atoms with Gasteiger partial charge in [-0.25, -0.2) is 0 Å². The van der Waals surface area contributed by atoms with Crippen LogP contribution >= 0.6 is 0 Å². The number of carbonyl (C=O) groups excluding carboxylic acids is 1. The summed E-state index contributed by atoms with van der Waals surface area (Å²) < 4.78 is 1.75. The summed E-state index contributed by atoms with van der Waals surface area (Å²) in [5.74, 6) is -1.14. The quantitative estimate of drug-likeness (QED) is 0.855. The number of aromatic nitrogens is 2. The van der Waals surface area contributed by atoms with Crippen molar-refractivity contribution in [1.29, 1.82) is 0 Å². The minimum atomic E-state index is -0.926. The predicted octanol–water partition coefficient (Wildman–Crippen LogP) is 2.12. The fourth-order valence-corrected chi connectivity index (χ4v) is 2.64. The summed E-state index contributed by atoms with van der Waals surface area (Å²) in [6, 6.07) is 7.72. The molecule has 0 bridgehead atoms. The van der Waals surface area contributed by atoms with Crippen LogP contribution in [0.4, 0.5) is 0 Å². The SMILES string of the molecule is CC(C)C(C)(CC(=O)O)NC(=O)Cc1nn(C)c2ccccc12. The molecule has 1 aromatic carbocycles. The number of benzene rings is 1. The van der Waals surface area contributed by atoms with E-state index in [1.54, 1.807) is 11.6 Å². The first-order chi connectivity index (χ1) is 10.7. The van der Waals surface area contributed by atoms with E-state index in [1.165, 1.54) is 0 Å². The van der Waals surface area contributed by atoms with E-state index in [-0.39, 0.29) is 24.7 Å². The predicted molar refractivity (Wildman–Crippen MR) is 88.1 cm³/mol. The van der Waals surface area contributed by atoms with E-state index in [0.29, 0.717) is 5.69 Å². The number of hydrogen-bond donors (Lipinski definition) is 2. The van der Waals surface area contributed by atoms with Crippen molar-refractivity contribution in [2.45, 2.75) is 39.2 Å². The number of amides is 1. The lowest BCUT2D eigenvalue weighted by molar-refractivity contribution is -0.139. The largest absolute Gasteiger partial charge is 0.481 e. The van der Waals surface area contributed by atoms with Crippen molar-refractivity contribution in [1.82, 2.24) is 15.1 Å². The molecule has 0 saturated heterocycles. The van der Waals surface area contributed by atoms with Crippen LogP contribution in [0.25, 0.3) is 10.9 Å². The zero-order chi connectivity index (χ0) is 17.2. The molecule has 0 fully saturated rings. The van der Waals surface area contributed by atoms with Gasteiger partial charge in [0.25, 0.3) is 0 Å². The van der Waals surface area contributed by atoms with Crippen molar-refractivity contribution in [2.24, 2.45) is 13.0 Å². The highest BCUT2D eigenvalue weighted by molar-refractivity contribution is 5.88. The molecule has 6 heteroatoms. The van der Waals surface area contributed by atoms with Gasteiger partial charge in [-0.3, -0.25) is 14.3 Å². The summed E-state index contributed by atoms with van der Waals surface area (Å²) in [6.07, 6.45) is 0.0165. The fraction of sp³-hybridized carbons (Fsp3) is 0.471. The summed E-state index contributed by atoms with van der Waals surface area (Å²) in [4.78, 5) is 23.5. The van der Waals surface area contributed by atoms with Crippen LogP contribution in [-0.2, 0) is 23.1 Å². The Labute approximate surface area is 135 Å². The molecule has 0 aliphatic rings. The van der Waals surface area contributed by atoms with Crippen LogP contribution in [0.5, 0.6) is 0 Å². The molecule has 6 nitrogen and oxygen atoms in total. The van der Waals surface area contributed by atoms with Crippen molar-refractivity contribution in [3.63, 3.8) is 0 Å². The Kier molecular flexibility index (Phi) is 4.73. The fourth-order valence-electron chi connectivity index (χ4n) is 2.64. The summed E-state index contributed by atoms with van der Waals surface area (Å²) in [7, 11) is 1.84. The Hall–Kier alpha value is -2.37. The second-order valence-corrected chi connectivity index (χ2v) is 6.46. The van der Waals surface area contributed by atoms with Crippen LogP contribution in [0.2, 0.25) is 0 Å². The Balaban J connectivity index is 2.19. The number of fused-ring (bicyclic) bond motifs is 1. The van der Waals surface area contributed by atoms with E-state index >= 15 is 0 Å². The first-order valence-corrected chi connectivity index (χ1v) is 7.66. The number of carboxylic acids is 1. The van der Waals surface area contributed by atoms with Crippen molar-refractivity contribution in [2.75, 3.05) is 0 Å². The Bertz CT molecular complexity index is 736. The summed E-state index contributed by atoms with van der Waals surface area (Å²) in [5, 5.41) is 17.3. The minimum absolute atomic E-state index is 0.00280. The average molecular weight is 317 g/mol. The Morgan fingerprint density at radius 1 is 1.35 bits per heavy atom. The molecule has 124 valence electrons. The van der Waals surface area contributed by atoms with Crippen LogP contribution in [0.15, 0.2) is 24.3 Å². The molecular weight excluding hydrogens is 294 g/mol. The monoisotopic (exact) mass is 317 g/mol. The second-order valence-electron chi connectivity index (χ2n) is 6.46. The van der Waals surface area contributed by atoms with Crippen molar-refractivity contribution >= 4 is 22.8 Å². The zero-order valence-corrected chi connectivity index (χ0v) is 14.0. The van der Waals surface area contributed by atoms with Gasteiger partial charge in [0.15, 0.2) is 0 Å².